The Kier molecular flexibility index (Phi) is 2.55. The van der Waals surface area contributed by atoms with Crippen LogP contribution in [-0.2, 0) is 6.54 Å². The van der Waals surface area contributed by atoms with Gasteiger partial charge < -0.3 is 9.84 Å². The first-order chi connectivity index (χ1) is 6.90. The van der Waals surface area contributed by atoms with Gasteiger partial charge in [0, 0.05) is 5.56 Å². The van der Waals surface area contributed by atoms with Crippen molar-refractivity contribution in [2.45, 2.75) is 6.54 Å². The van der Waals surface area contributed by atoms with Crippen molar-refractivity contribution in [3.05, 3.63) is 36.2 Å². The largest absolute Gasteiger partial charge is 0.338 e. The van der Waals surface area contributed by atoms with Gasteiger partial charge in [-0.05, 0) is 13.1 Å². The van der Waals surface area contributed by atoms with Crippen LogP contribution in [0, 0.1) is 6.07 Å². The lowest BCUT2D eigenvalue weighted by molar-refractivity contribution is 0.372. The third-order valence-electron chi connectivity index (χ3n) is 1.77. The Bertz CT molecular complexity index is 397. The van der Waals surface area contributed by atoms with E-state index in [4.69, 9.17) is 4.52 Å². The minimum absolute atomic E-state index is 0.589. The molecule has 0 aliphatic rings. The van der Waals surface area contributed by atoms with Gasteiger partial charge in [0.2, 0.25) is 11.7 Å². The Hall–Kier alpha value is -1.68. The van der Waals surface area contributed by atoms with E-state index >= 15 is 0 Å². The van der Waals surface area contributed by atoms with Crippen molar-refractivity contribution in [2.75, 3.05) is 7.05 Å². The fourth-order valence-corrected chi connectivity index (χ4v) is 1.13. The summed E-state index contributed by atoms with van der Waals surface area (Å²) in [6.07, 6.45) is 0. The summed E-state index contributed by atoms with van der Waals surface area (Å²) in [4.78, 5) is 4.22. The van der Waals surface area contributed by atoms with Crippen LogP contribution in [0.1, 0.15) is 5.89 Å². The molecule has 1 heterocycles. The maximum absolute atomic E-state index is 5.03. The number of nitrogens with zero attached hydrogens (tertiary/aromatic N) is 2. The van der Waals surface area contributed by atoms with Gasteiger partial charge in [0.05, 0.1) is 6.54 Å². The maximum Gasteiger partial charge on any atom is 0.240 e. The Balaban J connectivity index is 2.25. The number of hydrogen-bond donors (Lipinski definition) is 1. The molecule has 4 heteroatoms. The number of rotatable bonds is 3. The molecule has 0 spiro atoms. The molecule has 0 saturated heterocycles. The molecule has 1 radical (unpaired) electrons. The highest BCUT2D eigenvalue weighted by molar-refractivity contribution is 5.53. The monoisotopic (exact) mass is 188 g/mol. The molecule has 0 saturated carbocycles. The molecule has 0 atom stereocenters. The summed E-state index contributed by atoms with van der Waals surface area (Å²) in [6, 6.07) is 10.4. The van der Waals surface area contributed by atoms with E-state index in [1.54, 1.807) is 0 Å². The van der Waals surface area contributed by atoms with Crippen LogP contribution in [0.2, 0.25) is 0 Å². The highest BCUT2D eigenvalue weighted by atomic mass is 16.5. The summed E-state index contributed by atoms with van der Waals surface area (Å²) < 4.78 is 5.03. The van der Waals surface area contributed by atoms with Crippen molar-refractivity contribution in [2.24, 2.45) is 0 Å². The molecule has 0 amide bonds. The summed E-state index contributed by atoms with van der Waals surface area (Å²) >= 11 is 0. The molecule has 1 aromatic carbocycles. The predicted molar refractivity (Wildman–Crippen MR) is 51.3 cm³/mol. The summed E-state index contributed by atoms with van der Waals surface area (Å²) in [5, 5.41) is 6.81. The lowest BCUT2D eigenvalue weighted by Gasteiger charge is -1.90. The molecule has 0 fully saturated rings. The van der Waals surface area contributed by atoms with Gasteiger partial charge in [-0.1, -0.05) is 29.4 Å². The van der Waals surface area contributed by atoms with Crippen LogP contribution in [0.5, 0.6) is 0 Å². The smallest absolute Gasteiger partial charge is 0.240 e. The Morgan fingerprint density at radius 3 is 2.93 bits per heavy atom. The maximum atomic E-state index is 5.03. The van der Waals surface area contributed by atoms with E-state index in [2.05, 4.69) is 21.5 Å². The van der Waals surface area contributed by atoms with Gasteiger partial charge in [0.1, 0.15) is 0 Å². The van der Waals surface area contributed by atoms with E-state index in [-0.39, 0.29) is 0 Å². The van der Waals surface area contributed by atoms with Crippen molar-refractivity contribution < 1.29 is 4.52 Å². The molecule has 2 aromatic rings. The first-order valence-electron chi connectivity index (χ1n) is 4.34. The molecule has 2 rings (SSSR count). The lowest BCUT2D eigenvalue weighted by Crippen LogP contribution is -2.04. The van der Waals surface area contributed by atoms with Crippen molar-refractivity contribution in [3.63, 3.8) is 0 Å². The van der Waals surface area contributed by atoms with Gasteiger partial charge >= 0.3 is 0 Å². The topological polar surface area (TPSA) is 51.0 Å². The fourth-order valence-electron chi connectivity index (χ4n) is 1.13. The zero-order valence-corrected chi connectivity index (χ0v) is 7.82. The Labute approximate surface area is 82.0 Å². The molecule has 1 aromatic heterocycles. The van der Waals surface area contributed by atoms with Gasteiger partial charge in [-0.2, -0.15) is 4.98 Å². The van der Waals surface area contributed by atoms with E-state index in [0.29, 0.717) is 18.3 Å². The zero-order chi connectivity index (χ0) is 9.80. The predicted octanol–water partition coefficient (Wildman–Crippen LogP) is 1.26. The van der Waals surface area contributed by atoms with E-state index in [9.17, 15) is 0 Å². The first-order valence-corrected chi connectivity index (χ1v) is 4.34. The minimum atomic E-state index is 0.589. The van der Waals surface area contributed by atoms with E-state index < -0.39 is 0 Å². The standard InChI is InChI=1S/C10H10N3O/c1-11-7-9-12-10(13-14-9)8-5-3-2-4-6-8/h3-6,11H,7H2,1H3. The number of hydrogen-bond acceptors (Lipinski definition) is 4. The lowest BCUT2D eigenvalue weighted by atomic mass is 10.2. The minimum Gasteiger partial charge on any atom is -0.338 e. The third kappa shape index (κ3) is 1.80. The third-order valence-corrected chi connectivity index (χ3v) is 1.77. The molecule has 1 N–H and O–H groups in total. The second-order valence-electron chi connectivity index (χ2n) is 2.83. The summed E-state index contributed by atoms with van der Waals surface area (Å²) in [7, 11) is 1.83. The van der Waals surface area contributed by atoms with Crippen molar-refractivity contribution >= 4 is 0 Å². The van der Waals surface area contributed by atoms with Crippen LogP contribution in [0.15, 0.2) is 28.8 Å². The molecule has 0 aliphatic carbocycles. The summed E-state index contributed by atoms with van der Waals surface area (Å²) in [5.74, 6) is 1.21. The molecule has 0 unspecified atom stereocenters. The molecule has 0 aliphatic heterocycles. The van der Waals surface area contributed by atoms with Crippen LogP contribution in [0.3, 0.4) is 0 Å². The number of benzene rings is 1. The second kappa shape index (κ2) is 4.02. The van der Waals surface area contributed by atoms with Crippen molar-refractivity contribution in [1.29, 1.82) is 0 Å². The molecule has 71 valence electrons. The molecule has 14 heavy (non-hydrogen) atoms. The van der Waals surface area contributed by atoms with Gasteiger partial charge in [-0.3, -0.25) is 0 Å². The van der Waals surface area contributed by atoms with Crippen LogP contribution < -0.4 is 5.32 Å². The normalized spacial score (nSPS) is 10.4. The Morgan fingerprint density at radius 2 is 2.21 bits per heavy atom. The van der Waals surface area contributed by atoms with Crippen LogP contribution in [0.25, 0.3) is 11.4 Å². The average Bonchev–Trinajstić information content (AvgIpc) is 2.68. The SMILES string of the molecule is CNCc1nc(-c2cc[c]cc2)no1. The van der Waals surface area contributed by atoms with Crippen LogP contribution in [-0.4, -0.2) is 17.2 Å². The van der Waals surface area contributed by atoms with E-state index in [1.807, 2.05) is 31.3 Å². The molecular weight excluding hydrogens is 178 g/mol. The molecular formula is C10H10N3O. The Morgan fingerprint density at radius 1 is 1.43 bits per heavy atom. The molecule has 0 bridgehead atoms. The van der Waals surface area contributed by atoms with Crippen molar-refractivity contribution in [1.82, 2.24) is 15.5 Å². The van der Waals surface area contributed by atoms with E-state index in [1.165, 1.54) is 0 Å². The first kappa shape index (κ1) is 8.90. The number of nitrogens with one attached hydrogen (secondary N) is 1. The van der Waals surface area contributed by atoms with Gasteiger partial charge in [-0.15, -0.1) is 0 Å². The highest BCUT2D eigenvalue weighted by Crippen LogP contribution is 2.14. The molecule has 4 nitrogen and oxygen atoms in total. The second-order valence-corrected chi connectivity index (χ2v) is 2.83. The summed E-state index contributed by atoms with van der Waals surface area (Å²) in [6.45, 7) is 0.589. The van der Waals surface area contributed by atoms with Gasteiger partial charge in [0.25, 0.3) is 0 Å². The fraction of sp³-hybridized carbons (Fsp3) is 0.200. The zero-order valence-electron chi connectivity index (χ0n) is 7.82. The van der Waals surface area contributed by atoms with Gasteiger partial charge in [-0.25, -0.2) is 0 Å². The quantitative estimate of drug-likeness (QED) is 0.787. The highest BCUT2D eigenvalue weighted by Gasteiger charge is 2.06. The van der Waals surface area contributed by atoms with Crippen LogP contribution >= 0.6 is 0 Å². The summed E-state index contributed by atoms with van der Waals surface area (Å²) in [5.41, 5.74) is 0.940. The van der Waals surface area contributed by atoms with Gasteiger partial charge in [0.15, 0.2) is 0 Å². The average molecular weight is 188 g/mol. The number of aromatic nitrogens is 2. The van der Waals surface area contributed by atoms with Crippen LogP contribution in [0.4, 0.5) is 0 Å². The van der Waals surface area contributed by atoms with Crippen molar-refractivity contribution in [3.8, 4) is 11.4 Å². The van der Waals surface area contributed by atoms with E-state index in [0.717, 1.165) is 5.56 Å².